The first-order valence-corrected chi connectivity index (χ1v) is 7.09. The molecule has 1 aromatic rings. The number of halogens is 1. The molecular weight excluding hydrogens is 256 g/mol. The van der Waals surface area contributed by atoms with Crippen LogP contribution in [0.25, 0.3) is 0 Å². The van der Waals surface area contributed by atoms with Crippen LogP contribution in [0.5, 0.6) is 0 Å². The number of hydrogen-bond donors (Lipinski definition) is 2. The standard InChI is InChI=1S/C12H17ClN2OS/c13-10-4-3-5-11(8-10)15-12(16)9-17-7-2-1-6-14/h3-5,8H,1-2,6-7,9,14H2,(H,15,16). The molecular formula is C12H17ClN2OS. The van der Waals surface area contributed by atoms with Gasteiger partial charge in [-0.2, -0.15) is 11.8 Å². The van der Waals surface area contributed by atoms with Crippen molar-refractivity contribution >= 4 is 35.0 Å². The van der Waals surface area contributed by atoms with E-state index in [1.54, 1.807) is 23.9 Å². The molecule has 0 aliphatic heterocycles. The van der Waals surface area contributed by atoms with E-state index in [4.69, 9.17) is 17.3 Å². The highest BCUT2D eigenvalue weighted by Crippen LogP contribution is 2.15. The molecule has 0 radical (unpaired) electrons. The smallest absolute Gasteiger partial charge is 0.234 e. The molecule has 0 bridgehead atoms. The summed E-state index contributed by atoms with van der Waals surface area (Å²) in [4.78, 5) is 11.6. The zero-order chi connectivity index (χ0) is 12.5. The summed E-state index contributed by atoms with van der Waals surface area (Å²) < 4.78 is 0. The van der Waals surface area contributed by atoms with Crippen LogP contribution in [-0.4, -0.2) is 24.0 Å². The average Bonchev–Trinajstić information content (AvgIpc) is 2.29. The van der Waals surface area contributed by atoms with Crippen LogP contribution in [0.1, 0.15) is 12.8 Å². The number of unbranched alkanes of at least 4 members (excludes halogenated alkanes) is 1. The van der Waals surface area contributed by atoms with Gasteiger partial charge in [-0.05, 0) is 43.3 Å². The molecule has 17 heavy (non-hydrogen) atoms. The van der Waals surface area contributed by atoms with Crippen LogP contribution in [0.15, 0.2) is 24.3 Å². The van der Waals surface area contributed by atoms with Crippen LogP contribution in [0.4, 0.5) is 5.69 Å². The van der Waals surface area contributed by atoms with Gasteiger partial charge in [0.2, 0.25) is 5.91 Å². The fourth-order valence-electron chi connectivity index (χ4n) is 1.28. The number of thioether (sulfide) groups is 1. The summed E-state index contributed by atoms with van der Waals surface area (Å²) >= 11 is 7.45. The van der Waals surface area contributed by atoms with E-state index in [0.717, 1.165) is 30.8 Å². The van der Waals surface area contributed by atoms with Gasteiger partial charge in [-0.25, -0.2) is 0 Å². The minimum absolute atomic E-state index is 0.00464. The second-order valence-corrected chi connectivity index (χ2v) is 5.15. The number of carbonyl (C=O) groups is 1. The number of amides is 1. The van der Waals surface area contributed by atoms with E-state index in [0.29, 0.717) is 10.8 Å². The maximum Gasteiger partial charge on any atom is 0.234 e. The molecule has 0 aliphatic rings. The maximum atomic E-state index is 11.6. The number of nitrogens with two attached hydrogens (primary N) is 1. The summed E-state index contributed by atoms with van der Waals surface area (Å²) in [5.74, 6) is 1.45. The molecule has 0 saturated heterocycles. The van der Waals surface area contributed by atoms with Crippen molar-refractivity contribution in [2.75, 3.05) is 23.4 Å². The highest BCUT2D eigenvalue weighted by Gasteiger charge is 2.02. The lowest BCUT2D eigenvalue weighted by Crippen LogP contribution is -2.14. The summed E-state index contributed by atoms with van der Waals surface area (Å²) in [6, 6.07) is 7.15. The van der Waals surface area contributed by atoms with Crippen molar-refractivity contribution in [1.82, 2.24) is 0 Å². The second kappa shape index (κ2) is 8.39. The van der Waals surface area contributed by atoms with Gasteiger partial charge < -0.3 is 11.1 Å². The zero-order valence-corrected chi connectivity index (χ0v) is 11.2. The monoisotopic (exact) mass is 272 g/mol. The van der Waals surface area contributed by atoms with Crippen molar-refractivity contribution in [2.45, 2.75) is 12.8 Å². The van der Waals surface area contributed by atoms with Gasteiger partial charge in [0.25, 0.3) is 0 Å². The predicted octanol–water partition coefficient (Wildman–Crippen LogP) is 2.75. The van der Waals surface area contributed by atoms with Gasteiger partial charge in [-0.3, -0.25) is 4.79 Å². The van der Waals surface area contributed by atoms with E-state index in [2.05, 4.69) is 5.32 Å². The van der Waals surface area contributed by atoms with Gasteiger partial charge in [0.1, 0.15) is 0 Å². The summed E-state index contributed by atoms with van der Waals surface area (Å²) in [6.07, 6.45) is 2.08. The van der Waals surface area contributed by atoms with Gasteiger partial charge in [0.15, 0.2) is 0 Å². The lowest BCUT2D eigenvalue weighted by molar-refractivity contribution is -0.113. The van der Waals surface area contributed by atoms with Crippen LogP contribution < -0.4 is 11.1 Å². The van der Waals surface area contributed by atoms with Gasteiger partial charge in [-0.1, -0.05) is 17.7 Å². The number of nitrogens with one attached hydrogen (secondary N) is 1. The normalized spacial score (nSPS) is 10.2. The number of benzene rings is 1. The molecule has 0 aromatic heterocycles. The summed E-state index contributed by atoms with van der Waals surface area (Å²) in [5.41, 5.74) is 6.13. The van der Waals surface area contributed by atoms with E-state index in [1.165, 1.54) is 0 Å². The summed E-state index contributed by atoms with van der Waals surface area (Å²) in [5, 5.41) is 3.43. The van der Waals surface area contributed by atoms with E-state index in [-0.39, 0.29) is 5.91 Å². The molecule has 1 rings (SSSR count). The van der Waals surface area contributed by atoms with Crippen molar-refractivity contribution in [2.24, 2.45) is 5.73 Å². The lowest BCUT2D eigenvalue weighted by Gasteiger charge is -2.05. The molecule has 0 atom stereocenters. The minimum atomic E-state index is 0.00464. The second-order valence-electron chi connectivity index (χ2n) is 3.61. The third-order valence-corrected chi connectivity index (χ3v) is 3.36. The van der Waals surface area contributed by atoms with Gasteiger partial charge in [0, 0.05) is 10.7 Å². The molecule has 94 valence electrons. The van der Waals surface area contributed by atoms with Crippen LogP contribution in [-0.2, 0) is 4.79 Å². The minimum Gasteiger partial charge on any atom is -0.330 e. The third kappa shape index (κ3) is 6.56. The molecule has 1 aromatic carbocycles. The van der Waals surface area contributed by atoms with Crippen LogP contribution in [0.2, 0.25) is 5.02 Å². The van der Waals surface area contributed by atoms with E-state index in [9.17, 15) is 4.79 Å². The zero-order valence-electron chi connectivity index (χ0n) is 9.62. The number of anilines is 1. The number of carbonyl (C=O) groups excluding carboxylic acids is 1. The fourth-order valence-corrected chi connectivity index (χ4v) is 2.28. The number of rotatable bonds is 7. The first-order valence-electron chi connectivity index (χ1n) is 5.55. The van der Waals surface area contributed by atoms with Crippen LogP contribution in [0, 0.1) is 0 Å². The largest absolute Gasteiger partial charge is 0.330 e. The molecule has 3 nitrogen and oxygen atoms in total. The topological polar surface area (TPSA) is 55.1 Å². The highest BCUT2D eigenvalue weighted by atomic mass is 35.5. The summed E-state index contributed by atoms with van der Waals surface area (Å²) in [7, 11) is 0. The molecule has 1 amide bonds. The molecule has 0 saturated carbocycles. The van der Waals surface area contributed by atoms with Gasteiger partial charge in [-0.15, -0.1) is 0 Å². The Hall–Kier alpha value is -0.710. The van der Waals surface area contributed by atoms with Crippen molar-refractivity contribution in [1.29, 1.82) is 0 Å². The fraction of sp³-hybridized carbons (Fsp3) is 0.417. The highest BCUT2D eigenvalue weighted by molar-refractivity contribution is 7.99. The molecule has 0 fully saturated rings. The molecule has 0 aliphatic carbocycles. The molecule has 0 heterocycles. The Morgan fingerprint density at radius 3 is 2.94 bits per heavy atom. The lowest BCUT2D eigenvalue weighted by atomic mass is 10.3. The SMILES string of the molecule is NCCCCSCC(=O)Nc1cccc(Cl)c1. The Balaban J connectivity index is 2.21. The van der Waals surface area contributed by atoms with Gasteiger partial charge >= 0.3 is 0 Å². The first kappa shape index (κ1) is 14.4. The Kier molecular flexibility index (Phi) is 7.08. The Morgan fingerprint density at radius 2 is 2.24 bits per heavy atom. The van der Waals surface area contributed by atoms with Crippen LogP contribution in [0.3, 0.4) is 0 Å². The Bertz CT molecular complexity index is 360. The van der Waals surface area contributed by atoms with E-state index in [1.807, 2.05) is 12.1 Å². The van der Waals surface area contributed by atoms with E-state index >= 15 is 0 Å². The van der Waals surface area contributed by atoms with Crippen LogP contribution >= 0.6 is 23.4 Å². The maximum absolute atomic E-state index is 11.6. The van der Waals surface area contributed by atoms with Gasteiger partial charge in [0.05, 0.1) is 5.75 Å². The number of hydrogen-bond acceptors (Lipinski definition) is 3. The van der Waals surface area contributed by atoms with Crippen molar-refractivity contribution in [3.05, 3.63) is 29.3 Å². The molecule has 3 N–H and O–H groups in total. The van der Waals surface area contributed by atoms with Crippen molar-refractivity contribution < 1.29 is 4.79 Å². The Labute approximate surface area is 111 Å². The predicted molar refractivity (Wildman–Crippen MR) is 75.7 cm³/mol. The molecule has 0 spiro atoms. The average molecular weight is 273 g/mol. The first-order chi connectivity index (χ1) is 8.22. The molecule has 0 unspecified atom stereocenters. The third-order valence-electron chi connectivity index (χ3n) is 2.08. The molecule has 5 heteroatoms. The quantitative estimate of drug-likeness (QED) is 0.751. The Morgan fingerprint density at radius 1 is 1.41 bits per heavy atom. The van der Waals surface area contributed by atoms with Crippen molar-refractivity contribution in [3.63, 3.8) is 0 Å². The summed E-state index contributed by atoms with van der Waals surface area (Å²) in [6.45, 7) is 0.718. The van der Waals surface area contributed by atoms with Crippen molar-refractivity contribution in [3.8, 4) is 0 Å². The van der Waals surface area contributed by atoms with E-state index < -0.39 is 0 Å².